The van der Waals surface area contributed by atoms with Crippen molar-refractivity contribution in [1.29, 1.82) is 0 Å². The number of fused-ring (bicyclic) bond motifs is 1. The molecule has 1 aliphatic rings. The number of hydrogen-bond acceptors (Lipinski definition) is 3. The molecule has 2 aromatic carbocycles. The second-order valence-electron chi connectivity index (χ2n) is 6.29. The summed E-state index contributed by atoms with van der Waals surface area (Å²) < 4.78 is 7.18. The lowest BCUT2D eigenvalue weighted by Crippen LogP contribution is -2.20. The Morgan fingerprint density at radius 3 is 2.52 bits per heavy atom. The number of aliphatic hydroxyl groups is 1. The van der Waals surface area contributed by atoms with Crippen molar-refractivity contribution in [1.82, 2.24) is 9.78 Å². The van der Waals surface area contributed by atoms with E-state index < -0.39 is 0 Å². The highest BCUT2D eigenvalue weighted by molar-refractivity contribution is 6.30. The Hall–Kier alpha value is -2.30. The van der Waals surface area contributed by atoms with E-state index in [-0.39, 0.29) is 6.10 Å². The molecule has 4 rings (SSSR count). The van der Waals surface area contributed by atoms with Crippen LogP contribution in [0.3, 0.4) is 0 Å². The van der Waals surface area contributed by atoms with E-state index in [0.717, 1.165) is 41.2 Å². The molecule has 0 aliphatic heterocycles. The van der Waals surface area contributed by atoms with Crippen LogP contribution < -0.4 is 4.74 Å². The molecule has 1 heterocycles. The van der Waals surface area contributed by atoms with Gasteiger partial charge in [-0.15, -0.1) is 0 Å². The average Bonchev–Trinajstić information content (AvgIpc) is 3.01. The number of methoxy groups -OCH3 is 1. The van der Waals surface area contributed by atoms with Gasteiger partial charge in [-0.05, 0) is 49.2 Å². The van der Waals surface area contributed by atoms with E-state index in [1.54, 1.807) is 7.11 Å². The standard InChI is InChI=1S/C20H19ClN2O2/c1-25-17-9-6-15(7-10-17)23-19-12-16(24)8-11-18(19)20(22-23)13-2-4-14(21)5-3-13/h2-7,9-10,16,24H,8,11-12H2,1H3. The molecule has 0 spiro atoms. The molecule has 128 valence electrons. The maximum Gasteiger partial charge on any atom is 0.119 e. The van der Waals surface area contributed by atoms with Gasteiger partial charge in [0.1, 0.15) is 5.75 Å². The lowest BCUT2D eigenvalue weighted by atomic mass is 9.91. The Labute approximate surface area is 151 Å². The van der Waals surface area contributed by atoms with E-state index in [1.165, 1.54) is 5.56 Å². The molecule has 0 fully saturated rings. The van der Waals surface area contributed by atoms with Gasteiger partial charge in [0.05, 0.1) is 30.3 Å². The topological polar surface area (TPSA) is 47.3 Å². The van der Waals surface area contributed by atoms with E-state index >= 15 is 0 Å². The number of aliphatic hydroxyl groups excluding tert-OH is 1. The largest absolute Gasteiger partial charge is 0.497 e. The molecule has 3 aromatic rings. The highest BCUT2D eigenvalue weighted by Gasteiger charge is 2.26. The molecule has 0 saturated carbocycles. The Kier molecular flexibility index (Phi) is 4.24. The van der Waals surface area contributed by atoms with E-state index in [0.29, 0.717) is 11.4 Å². The van der Waals surface area contributed by atoms with Crippen molar-refractivity contribution < 1.29 is 9.84 Å². The molecule has 0 saturated heterocycles. The molecule has 25 heavy (non-hydrogen) atoms. The minimum absolute atomic E-state index is 0.320. The molecule has 1 atom stereocenters. The summed E-state index contributed by atoms with van der Waals surface area (Å²) in [6.07, 6.45) is 1.88. The number of halogens is 1. The number of hydrogen-bond donors (Lipinski definition) is 1. The van der Waals surface area contributed by atoms with Gasteiger partial charge in [0.25, 0.3) is 0 Å². The van der Waals surface area contributed by atoms with E-state index in [2.05, 4.69) is 0 Å². The molecule has 1 aliphatic carbocycles. The molecule has 0 radical (unpaired) electrons. The first-order valence-electron chi connectivity index (χ1n) is 8.35. The summed E-state index contributed by atoms with van der Waals surface area (Å²) in [4.78, 5) is 0. The smallest absolute Gasteiger partial charge is 0.119 e. The molecule has 1 N–H and O–H groups in total. The average molecular weight is 355 g/mol. The second-order valence-corrected chi connectivity index (χ2v) is 6.72. The highest BCUT2D eigenvalue weighted by Crippen LogP contribution is 2.33. The fourth-order valence-corrected chi connectivity index (χ4v) is 3.50. The van der Waals surface area contributed by atoms with Crippen LogP contribution in [-0.2, 0) is 12.8 Å². The lowest BCUT2D eigenvalue weighted by molar-refractivity contribution is 0.156. The SMILES string of the molecule is COc1ccc(-n2nc(-c3ccc(Cl)cc3)c3c2CC(O)CC3)cc1. The highest BCUT2D eigenvalue weighted by atomic mass is 35.5. The molecular weight excluding hydrogens is 336 g/mol. The van der Waals surface area contributed by atoms with Gasteiger partial charge < -0.3 is 9.84 Å². The minimum Gasteiger partial charge on any atom is -0.497 e. The lowest BCUT2D eigenvalue weighted by Gasteiger charge is -2.19. The van der Waals surface area contributed by atoms with Gasteiger partial charge in [-0.25, -0.2) is 4.68 Å². The summed E-state index contributed by atoms with van der Waals surface area (Å²) in [5, 5.41) is 15.7. The maximum atomic E-state index is 10.1. The zero-order chi connectivity index (χ0) is 17.4. The monoisotopic (exact) mass is 354 g/mol. The summed E-state index contributed by atoms with van der Waals surface area (Å²) >= 11 is 6.02. The first-order chi connectivity index (χ1) is 12.2. The van der Waals surface area contributed by atoms with Crippen LogP contribution >= 0.6 is 11.6 Å². The molecule has 5 heteroatoms. The zero-order valence-corrected chi connectivity index (χ0v) is 14.7. The van der Waals surface area contributed by atoms with Gasteiger partial charge >= 0.3 is 0 Å². The normalized spacial score (nSPS) is 16.5. The van der Waals surface area contributed by atoms with Crippen molar-refractivity contribution in [3.63, 3.8) is 0 Å². The summed E-state index contributed by atoms with van der Waals surface area (Å²) in [6, 6.07) is 15.6. The summed E-state index contributed by atoms with van der Waals surface area (Å²) in [6.45, 7) is 0. The third-order valence-corrected chi connectivity index (χ3v) is 4.93. The van der Waals surface area contributed by atoms with Crippen LogP contribution in [0.25, 0.3) is 16.9 Å². The number of benzene rings is 2. The summed E-state index contributed by atoms with van der Waals surface area (Å²) in [7, 11) is 1.65. The quantitative estimate of drug-likeness (QED) is 0.771. The number of rotatable bonds is 3. The molecule has 0 bridgehead atoms. The van der Waals surface area contributed by atoms with Crippen LogP contribution in [0.1, 0.15) is 17.7 Å². The van der Waals surface area contributed by atoms with Crippen LogP contribution in [0.4, 0.5) is 0 Å². The van der Waals surface area contributed by atoms with Crippen molar-refractivity contribution in [3.05, 3.63) is 64.8 Å². The van der Waals surface area contributed by atoms with E-state index in [9.17, 15) is 5.11 Å². The van der Waals surface area contributed by atoms with Gasteiger partial charge in [-0.2, -0.15) is 5.10 Å². The van der Waals surface area contributed by atoms with Crippen molar-refractivity contribution in [2.75, 3.05) is 7.11 Å². The number of aromatic nitrogens is 2. The molecule has 4 nitrogen and oxygen atoms in total. The van der Waals surface area contributed by atoms with Crippen LogP contribution in [0.2, 0.25) is 5.02 Å². The van der Waals surface area contributed by atoms with Crippen LogP contribution in [0.15, 0.2) is 48.5 Å². The van der Waals surface area contributed by atoms with E-state index in [4.69, 9.17) is 21.4 Å². The Morgan fingerprint density at radius 1 is 1.12 bits per heavy atom. The van der Waals surface area contributed by atoms with Crippen LogP contribution in [-0.4, -0.2) is 28.1 Å². The van der Waals surface area contributed by atoms with Gasteiger partial charge in [-0.1, -0.05) is 23.7 Å². The molecule has 0 amide bonds. The van der Waals surface area contributed by atoms with Crippen molar-refractivity contribution in [2.45, 2.75) is 25.4 Å². The fourth-order valence-electron chi connectivity index (χ4n) is 3.37. The van der Waals surface area contributed by atoms with Crippen LogP contribution in [0.5, 0.6) is 5.75 Å². The minimum atomic E-state index is -0.320. The number of ether oxygens (including phenoxy) is 1. The summed E-state index contributed by atoms with van der Waals surface area (Å²) in [5.41, 5.74) is 5.27. The van der Waals surface area contributed by atoms with Gasteiger partial charge in [0.15, 0.2) is 0 Å². The zero-order valence-electron chi connectivity index (χ0n) is 13.9. The predicted molar refractivity (Wildman–Crippen MR) is 98.6 cm³/mol. The fraction of sp³-hybridized carbons (Fsp3) is 0.250. The predicted octanol–water partition coefficient (Wildman–Crippen LogP) is 4.05. The van der Waals surface area contributed by atoms with E-state index in [1.807, 2.05) is 53.2 Å². The Bertz CT molecular complexity index is 885. The van der Waals surface area contributed by atoms with Crippen molar-refractivity contribution in [2.24, 2.45) is 0 Å². The van der Waals surface area contributed by atoms with Gasteiger partial charge in [0.2, 0.25) is 0 Å². The molecule has 1 aromatic heterocycles. The first kappa shape index (κ1) is 16.2. The van der Waals surface area contributed by atoms with Crippen molar-refractivity contribution >= 4 is 11.6 Å². The van der Waals surface area contributed by atoms with Gasteiger partial charge in [0, 0.05) is 22.6 Å². The third-order valence-electron chi connectivity index (χ3n) is 4.68. The number of nitrogens with zero attached hydrogens (tertiary/aromatic N) is 2. The Balaban J connectivity index is 1.85. The third kappa shape index (κ3) is 3.03. The molecule has 1 unspecified atom stereocenters. The molecular formula is C20H19ClN2O2. The maximum absolute atomic E-state index is 10.1. The summed E-state index contributed by atoms with van der Waals surface area (Å²) in [5.74, 6) is 0.808. The van der Waals surface area contributed by atoms with Crippen LogP contribution in [0, 0.1) is 0 Å². The van der Waals surface area contributed by atoms with Crippen molar-refractivity contribution in [3.8, 4) is 22.7 Å². The second kappa shape index (κ2) is 6.54. The van der Waals surface area contributed by atoms with Gasteiger partial charge in [-0.3, -0.25) is 0 Å². The Morgan fingerprint density at radius 2 is 1.84 bits per heavy atom. The first-order valence-corrected chi connectivity index (χ1v) is 8.72.